The van der Waals surface area contributed by atoms with E-state index in [2.05, 4.69) is 46.8 Å². The summed E-state index contributed by atoms with van der Waals surface area (Å²) in [5.41, 5.74) is 1.99. The Bertz CT molecular complexity index is 1290. The van der Waals surface area contributed by atoms with Crippen molar-refractivity contribution in [2.75, 3.05) is 19.8 Å². The molecule has 1 aromatic carbocycles. The van der Waals surface area contributed by atoms with E-state index in [1.54, 1.807) is 24.3 Å². The van der Waals surface area contributed by atoms with Gasteiger partial charge in [0.25, 0.3) is 0 Å². The third-order valence-electron chi connectivity index (χ3n) is 14.6. The standard InChI is InChI=1S/C39H54O5/c1-6-26-8-7-24(2)31-13-14-32-30-21-34(39-22-29(39)15-18-38(39,5)33(30)16-17-37(31,32)4)42-19-20-43-35(40)27-9-11-28(12-10-27)36(41)44-23-25(26)3/h7-12,24-26,29-34H,6,13-23H2,1-5H3/b8-7-/t24-,25?,26-,29-,30+,31-,32+,33+,34-,37-,38-,39+/m1/s1. The Morgan fingerprint density at radius 2 is 1.52 bits per heavy atom. The van der Waals surface area contributed by atoms with Crippen LogP contribution in [0.1, 0.15) is 113 Å². The molecule has 5 heteroatoms. The quantitative estimate of drug-likeness (QED) is 0.238. The van der Waals surface area contributed by atoms with Gasteiger partial charge in [-0.3, -0.25) is 0 Å². The zero-order valence-corrected chi connectivity index (χ0v) is 27.7. The number of esters is 2. The fraction of sp³-hybridized carbons (Fsp3) is 0.744. The summed E-state index contributed by atoms with van der Waals surface area (Å²) in [6.07, 6.45) is 16.9. The summed E-state index contributed by atoms with van der Waals surface area (Å²) in [5, 5.41) is 0. The predicted molar refractivity (Wildman–Crippen MR) is 171 cm³/mol. The lowest BCUT2D eigenvalue weighted by atomic mass is 9.45. The van der Waals surface area contributed by atoms with Crippen LogP contribution >= 0.6 is 0 Å². The van der Waals surface area contributed by atoms with Crippen molar-refractivity contribution >= 4 is 11.9 Å². The fourth-order valence-corrected chi connectivity index (χ4v) is 12.1. The van der Waals surface area contributed by atoms with Crippen LogP contribution in [0.15, 0.2) is 36.4 Å². The van der Waals surface area contributed by atoms with Crippen LogP contribution in [0.4, 0.5) is 0 Å². The minimum atomic E-state index is -0.371. The van der Waals surface area contributed by atoms with Gasteiger partial charge >= 0.3 is 11.9 Å². The second-order valence-electron chi connectivity index (χ2n) is 16.2. The molecule has 5 fully saturated rings. The highest BCUT2D eigenvalue weighted by Gasteiger charge is 2.77. The number of benzene rings is 1. The van der Waals surface area contributed by atoms with Crippen LogP contribution < -0.4 is 0 Å². The molecule has 8 rings (SSSR count). The van der Waals surface area contributed by atoms with E-state index in [1.165, 1.54) is 51.4 Å². The number of rotatable bonds is 1. The van der Waals surface area contributed by atoms with Gasteiger partial charge in [0.15, 0.2) is 0 Å². The van der Waals surface area contributed by atoms with Crippen molar-refractivity contribution in [2.45, 2.75) is 98.5 Å². The molecule has 12 atom stereocenters. The summed E-state index contributed by atoms with van der Waals surface area (Å²) in [7, 11) is 0. The lowest BCUT2D eigenvalue weighted by Gasteiger charge is -2.61. The number of allylic oxidation sites excluding steroid dienone is 2. The topological polar surface area (TPSA) is 61.8 Å². The van der Waals surface area contributed by atoms with Gasteiger partial charge in [-0.2, -0.15) is 0 Å². The molecule has 44 heavy (non-hydrogen) atoms. The maximum atomic E-state index is 12.8. The van der Waals surface area contributed by atoms with E-state index in [-0.39, 0.29) is 30.6 Å². The van der Waals surface area contributed by atoms with Crippen LogP contribution in [-0.2, 0) is 14.2 Å². The monoisotopic (exact) mass is 602 g/mol. The van der Waals surface area contributed by atoms with Gasteiger partial charge in [0.05, 0.1) is 30.4 Å². The summed E-state index contributed by atoms with van der Waals surface area (Å²) in [4.78, 5) is 25.7. The third-order valence-corrected chi connectivity index (χ3v) is 14.6. The first kappa shape index (κ1) is 30.5. The number of ether oxygens (including phenoxy) is 3. The molecule has 2 heterocycles. The van der Waals surface area contributed by atoms with Gasteiger partial charge < -0.3 is 14.2 Å². The van der Waals surface area contributed by atoms with Crippen LogP contribution in [-0.4, -0.2) is 37.9 Å². The molecule has 2 aliphatic heterocycles. The molecule has 5 aliphatic carbocycles. The molecule has 240 valence electrons. The van der Waals surface area contributed by atoms with Crippen molar-refractivity contribution in [1.29, 1.82) is 0 Å². The molecular weight excluding hydrogens is 548 g/mol. The van der Waals surface area contributed by atoms with Crippen LogP contribution in [0.25, 0.3) is 0 Å². The van der Waals surface area contributed by atoms with Gasteiger partial charge in [-0.15, -0.1) is 0 Å². The molecule has 0 aromatic heterocycles. The second kappa shape index (κ2) is 11.3. The van der Waals surface area contributed by atoms with Crippen LogP contribution in [0, 0.1) is 63.6 Å². The van der Waals surface area contributed by atoms with Gasteiger partial charge in [-0.05, 0) is 140 Å². The van der Waals surface area contributed by atoms with Gasteiger partial charge in [-0.1, -0.05) is 46.8 Å². The average molecular weight is 603 g/mol. The lowest BCUT2D eigenvalue weighted by molar-refractivity contribution is -0.170. The fourth-order valence-electron chi connectivity index (χ4n) is 12.1. The van der Waals surface area contributed by atoms with Crippen molar-refractivity contribution in [3.63, 3.8) is 0 Å². The van der Waals surface area contributed by atoms with Gasteiger partial charge in [0.1, 0.15) is 6.61 Å². The predicted octanol–water partition coefficient (Wildman–Crippen LogP) is 8.52. The van der Waals surface area contributed by atoms with E-state index in [0.717, 1.165) is 30.1 Å². The van der Waals surface area contributed by atoms with Crippen LogP contribution in [0.3, 0.4) is 0 Å². The molecule has 0 N–H and O–H groups in total. The van der Waals surface area contributed by atoms with Crippen molar-refractivity contribution in [3.8, 4) is 0 Å². The van der Waals surface area contributed by atoms with E-state index in [0.29, 0.717) is 58.3 Å². The molecule has 5 saturated carbocycles. The minimum Gasteiger partial charge on any atom is -0.462 e. The molecule has 0 amide bonds. The molecule has 1 aromatic rings. The van der Waals surface area contributed by atoms with Gasteiger partial charge in [0.2, 0.25) is 0 Å². The number of fused-ring (bicyclic) bond motifs is 13. The first-order valence-corrected chi connectivity index (χ1v) is 17.9. The number of hydrogen-bond acceptors (Lipinski definition) is 5. The van der Waals surface area contributed by atoms with Crippen molar-refractivity contribution in [2.24, 2.45) is 63.6 Å². The van der Waals surface area contributed by atoms with E-state index >= 15 is 0 Å². The maximum absolute atomic E-state index is 12.8. The Morgan fingerprint density at radius 3 is 2.23 bits per heavy atom. The first-order valence-electron chi connectivity index (χ1n) is 17.9. The second-order valence-corrected chi connectivity index (χ2v) is 16.2. The first-order chi connectivity index (χ1) is 21.1. The molecule has 7 bridgehead atoms. The Hall–Kier alpha value is -2.14. The highest BCUT2D eigenvalue weighted by Crippen LogP contribution is 2.82. The zero-order valence-electron chi connectivity index (χ0n) is 27.7. The van der Waals surface area contributed by atoms with Crippen molar-refractivity contribution in [1.82, 2.24) is 0 Å². The molecule has 0 radical (unpaired) electrons. The lowest BCUT2D eigenvalue weighted by Crippen LogP contribution is -2.57. The summed E-state index contributed by atoms with van der Waals surface area (Å²) in [6.45, 7) is 13.3. The summed E-state index contributed by atoms with van der Waals surface area (Å²) in [6, 6.07) is 6.64. The number of hydrogen-bond donors (Lipinski definition) is 0. The molecular formula is C39H54O5. The molecule has 0 saturated heterocycles. The highest BCUT2D eigenvalue weighted by atomic mass is 16.6. The molecule has 1 unspecified atom stereocenters. The normalized spacial score (nSPS) is 47.8. The molecule has 1 spiro atoms. The van der Waals surface area contributed by atoms with E-state index < -0.39 is 0 Å². The Morgan fingerprint density at radius 1 is 0.818 bits per heavy atom. The van der Waals surface area contributed by atoms with Crippen molar-refractivity contribution in [3.05, 3.63) is 47.5 Å². The summed E-state index contributed by atoms with van der Waals surface area (Å²) in [5.74, 6) is 4.26. The maximum Gasteiger partial charge on any atom is 0.338 e. The van der Waals surface area contributed by atoms with Gasteiger partial charge in [0, 0.05) is 5.41 Å². The Kier molecular flexibility index (Phi) is 7.82. The average Bonchev–Trinajstić information content (AvgIpc) is 3.53. The van der Waals surface area contributed by atoms with E-state index in [1.807, 2.05) is 0 Å². The summed E-state index contributed by atoms with van der Waals surface area (Å²) < 4.78 is 18.2. The van der Waals surface area contributed by atoms with E-state index in [9.17, 15) is 9.59 Å². The Labute approximate surface area is 264 Å². The smallest absolute Gasteiger partial charge is 0.338 e. The van der Waals surface area contributed by atoms with Crippen LogP contribution in [0.5, 0.6) is 0 Å². The minimum absolute atomic E-state index is 0.232. The molecule has 5 nitrogen and oxygen atoms in total. The van der Waals surface area contributed by atoms with E-state index in [4.69, 9.17) is 14.2 Å². The largest absolute Gasteiger partial charge is 0.462 e. The van der Waals surface area contributed by atoms with Gasteiger partial charge in [-0.25, -0.2) is 9.59 Å². The zero-order chi connectivity index (χ0) is 30.9. The molecule has 7 aliphatic rings. The summed E-state index contributed by atoms with van der Waals surface area (Å²) >= 11 is 0. The van der Waals surface area contributed by atoms with Crippen molar-refractivity contribution < 1.29 is 23.8 Å². The number of carbonyl (C=O) groups is 2. The number of carbonyl (C=O) groups excluding carboxylic acids is 2. The third kappa shape index (κ3) is 4.64. The SMILES string of the molecule is CC[C@@H]1/C=C\[C@@H](C)[C@H]2CC[C@H]3[C@@H]4C[C@@H](OCCOC(=O)c5ccc(cc5)C(=O)OCC1C)[C@]15C[C@H]1CC[C@]5(C)[C@H]4CC[C@]23C. The Balaban J connectivity index is 1.17. The van der Waals surface area contributed by atoms with Crippen LogP contribution in [0.2, 0.25) is 0 Å². The highest BCUT2D eigenvalue weighted by molar-refractivity contribution is 5.93.